The van der Waals surface area contributed by atoms with Crippen LogP contribution in [0.25, 0.3) is 0 Å². The van der Waals surface area contributed by atoms with E-state index in [0.717, 1.165) is 30.7 Å². The van der Waals surface area contributed by atoms with Gasteiger partial charge >= 0.3 is 0 Å². The molecule has 1 aromatic rings. The second-order valence-electron chi connectivity index (χ2n) is 5.90. The SMILES string of the molecule is CC1c2cc(Cl)cc(Cl)c2CCN1C(=O)CC1COCCN1. The number of hydrogen-bond donors (Lipinski definition) is 1. The summed E-state index contributed by atoms with van der Waals surface area (Å²) in [7, 11) is 0. The van der Waals surface area contributed by atoms with Crippen LogP contribution in [0.5, 0.6) is 0 Å². The molecule has 2 unspecified atom stereocenters. The molecular weight excluding hydrogens is 323 g/mol. The number of nitrogens with zero attached hydrogens (tertiary/aromatic N) is 1. The lowest BCUT2D eigenvalue weighted by atomic mass is 9.93. The number of hydrogen-bond acceptors (Lipinski definition) is 3. The summed E-state index contributed by atoms with van der Waals surface area (Å²) in [5.41, 5.74) is 2.17. The van der Waals surface area contributed by atoms with Crippen molar-refractivity contribution >= 4 is 29.1 Å². The first-order chi connectivity index (χ1) is 10.6. The fourth-order valence-corrected chi connectivity index (χ4v) is 3.88. The van der Waals surface area contributed by atoms with Crippen molar-refractivity contribution in [3.05, 3.63) is 33.3 Å². The number of halogens is 2. The molecule has 2 aliphatic heterocycles. The predicted octanol–water partition coefficient (Wildman–Crippen LogP) is 2.82. The number of fused-ring (bicyclic) bond motifs is 1. The molecule has 2 atom stereocenters. The van der Waals surface area contributed by atoms with E-state index in [0.29, 0.717) is 29.6 Å². The summed E-state index contributed by atoms with van der Waals surface area (Å²) < 4.78 is 5.42. The molecule has 6 heteroatoms. The van der Waals surface area contributed by atoms with E-state index in [1.165, 1.54) is 0 Å². The van der Waals surface area contributed by atoms with Crippen molar-refractivity contribution in [2.75, 3.05) is 26.3 Å². The molecule has 120 valence electrons. The number of morpholine rings is 1. The molecule has 1 aromatic carbocycles. The highest BCUT2D eigenvalue weighted by molar-refractivity contribution is 6.35. The van der Waals surface area contributed by atoms with Gasteiger partial charge in [0.15, 0.2) is 0 Å². The van der Waals surface area contributed by atoms with Gasteiger partial charge in [-0.1, -0.05) is 23.2 Å². The maximum absolute atomic E-state index is 12.6. The number of amides is 1. The molecular formula is C16H20Cl2N2O2. The third-order valence-corrected chi connectivity index (χ3v) is 5.01. The quantitative estimate of drug-likeness (QED) is 0.898. The first kappa shape index (κ1) is 16.1. The number of nitrogens with one attached hydrogen (secondary N) is 1. The van der Waals surface area contributed by atoms with Gasteiger partial charge in [-0.2, -0.15) is 0 Å². The van der Waals surface area contributed by atoms with Gasteiger partial charge in [0.2, 0.25) is 5.91 Å². The van der Waals surface area contributed by atoms with Crippen LogP contribution in [-0.2, 0) is 16.0 Å². The van der Waals surface area contributed by atoms with Crippen LogP contribution in [0.1, 0.15) is 30.5 Å². The Bertz CT molecular complexity index is 574. The topological polar surface area (TPSA) is 41.6 Å². The number of rotatable bonds is 2. The Labute approximate surface area is 140 Å². The molecule has 0 bridgehead atoms. The molecule has 1 saturated heterocycles. The fraction of sp³-hybridized carbons (Fsp3) is 0.562. The number of carbonyl (C=O) groups is 1. The molecule has 2 heterocycles. The standard InChI is InChI=1S/C16H20Cl2N2O2/c1-10-14-6-11(17)7-15(18)13(14)2-4-20(10)16(21)8-12-9-22-5-3-19-12/h6-7,10,12,19H,2-5,8-9H2,1H3. The number of ether oxygens (including phenoxy) is 1. The van der Waals surface area contributed by atoms with Crippen LogP contribution < -0.4 is 5.32 Å². The Hall–Kier alpha value is -0.810. The third kappa shape index (κ3) is 3.25. The first-order valence-corrected chi connectivity index (χ1v) is 8.40. The average molecular weight is 343 g/mol. The highest BCUT2D eigenvalue weighted by Crippen LogP contribution is 2.36. The molecule has 0 saturated carbocycles. The van der Waals surface area contributed by atoms with Gasteiger partial charge in [-0.15, -0.1) is 0 Å². The first-order valence-electron chi connectivity index (χ1n) is 7.64. The summed E-state index contributed by atoms with van der Waals surface area (Å²) in [6.07, 6.45) is 1.24. The lowest BCUT2D eigenvalue weighted by Crippen LogP contribution is -2.46. The average Bonchev–Trinajstić information content (AvgIpc) is 2.49. The highest BCUT2D eigenvalue weighted by Gasteiger charge is 2.30. The minimum absolute atomic E-state index is 0.00282. The van der Waals surface area contributed by atoms with Crippen LogP contribution in [0.15, 0.2) is 12.1 Å². The molecule has 3 rings (SSSR count). The monoisotopic (exact) mass is 342 g/mol. The van der Waals surface area contributed by atoms with Gasteiger partial charge in [-0.05, 0) is 36.6 Å². The summed E-state index contributed by atoms with van der Waals surface area (Å²) >= 11 is 12.4. The van der Waals surface area contributed by atoms with Crippen molar-refractivity contribution in [3.63, 3.8) is 0 Å². The van der Waals surface area contributed by atoms with Crippen molar-refractivity contribution in [1.82, 2.24) is 10.2 Å². The summed E-state index contributed by atoms with van der Waals surface area (Å²) in [5.74, 6) is 0.150. The van der Waals surface area contributed by atoms with Gasteiger partial charge < -0.3 is 15.0 Å². The zero-order chi connectivity index (χ0) is 15.7. The largest absolute Gasteiger partial charge is 0.378 e. The second-order valence-corrected chi connectivity index (χ2v) is 6.74. The third-order valence-electron chi connectivity index (χ3n) is 4.45. The van der Waals surface area contributed by atoms with Crippen LogP contribution in [0.3, 0.4) is 0 Å². The molecule has 0 radical (unpaired) electrons. The predicted molar refractivity (Wildman–Crippen MR) is 87.5 cm³/mol. The van der Waals surface area contributed by atoms with E-state index in [4.69, 9.17) is 27.9 Å². The lowest BCUT2D eigenvalue weighted by Gasteiger charge is -2.37. The maximum Gasteiger partial charge on any atom is 0.224 e. The Morgan fingerprint density at radius 1 is 1.45 bits per heavy atom. The van der Waals surface area contributed by atoms with E-state index < -0.39 is 0 Å². The second kappa shape index (κ2) is 6.75. The Kier molecular flexibility index (Phi) is 4.93. The molecule has 4 nitrogen and oxygen atoms in total. The van der Waals surface area contributed by atoms with Gasteiger partial charge in [0, 0.05) is 35.6 Å². The van der Waals surface area contributed by atoms with Crippen molar-refractivity contribution < 1.29 is 9.53 Å². The minimum atomic E-state index is -0.00282. The molecule has 1 fully saturated rings. The molecule has 22 heavy (non-hydrogen) atoms. The zero-order valence-electron chi connectivity index (χ0n) is 12.6. The van der Waals surface area contributed by atoms with Gasteiger partial charge in [-0.25, -0.2) is 0 Å². The molecule has 2 aliphatic rings. The Morgan fingerprint density at radius 3 is 3.00 bits per heavy atom. The summed E-state index contributed by atoms with van der Waals surface area (Å²) in [6.45, 7) is 4.86. The van der Waals surface area contributed by atoms with Crippen LogP contribution in [-0.4, -0.2) is 43.2 Å². The van der Waals surface area contributed by atoms with Crippen LogP contribution in [0.2, 0.25) is 10.0 Å². The van der Waals surface area contributed by atoms with E-state index in [9.17, 15) is 4.79 Å². The maximum atomic E-state index is 12.6. The van der Waals surface area contributed by atoms with Crippen molar-refractivity contribution in [1.29, 1.82) is 0 Å². The lowest BCUT2D eigenvalue weighted by molar-refractivity contribution is -0.135. The molecule has 1 amide bonds. The molecule has 0 spiro atoms. The van der Waals surface area contributed by atoms with E-state index >= 15 is 0 Å². The van der Waals surface area contributed by atoms with Crippen molar-refractivity contribution in [2.24, 2.45) is 0 Å². The molecule has 1 N–H and O–H groups in total. The zero-order valence-corrected chi connectivity index (χ0v) is 14.1. The van der Waals surface area contributed by atoms with E-state index in [-0.39, 0.29) is 18.0 Å². The van der Waals surface area contributed by atoms with Gasteiger partial charge in [0.05, 0.1) is 19.3 Å². The summed E-state index contributed by atoms with van der Waals surface area (Å²) in [5, 5.41) is 4.64. The van der Waals surface area contributed by atoms with Crippen molar-refractivity contribution in [2.45, 2.75) is 31.8 Å². The minimum Gasteiger partial charge on any atom is -0.378 e. The smallest absolute Gasteiger partial charge is 0.224 e. The van der Waals surface area contributed by atoms with Crippen LogP contribution >= 0.6 is 23.2 Å². The normalized spacial score (nSPS) is 25.0. The highest BCUT2D eigenvalue weighted by atomic mass is 35.5. The Morgan fingerprint density at radius 2 is 2.27 bits per heavy atom. The van der Waals surface area contributed by atoms with Crippen LogP contribution in [0, 0.1) is 0 Å². The van der Waals surface area contributed by atoms with Gasteiger partial charge in [0.1, 0.15) is 0 Å². The molecule has 0 aromatic heterocycles. The van der Waals surface area contributed by atoms with Gasteiger partial charge in [-0.3, -0.25) is 4.79 Å². The van der Waals surface area contributed by atoms with E-state index in [2.05, 4.69) is 5.32 Å². The number of carbonyl (C=O) groups excluding carboxylic acids is 1. The van der Waals surface area contributed by atoms with E-state index in [1.807, 2.05) is 17.9 Å². The summed E-state index contributed by atoms with van der Waals surface area (Å²) in [4.78, 5) is 14.5. The van der Waals surface area contributed by atoms with Gasteiger partial charge in [0.25, 0.3) is 0 Å². The number of benzene rings is 1. The van der Waals surface area contributed by atoms with Crippen molar-refractivity contribution in [3.8, 4) is 0 Å². The van der Waals surface area contributed by atoms with Crippen LogP contribution in [0.4, 0.5) is 0 Å². The summed E-state index contributed by atoms with van der Waals surface area (Å²) in [6, 6.07) is 3.80. The fourth-order valence-electron chi connectivity index (χ4n) is 3.27. The van der Waals surface area contributed by atoms with E-state index in [1.54, 1.807) is 6.07 Å². The Balaban J connectivity index is 1.74. The molecule has 0 aliphatic carbocycles.